The lowest BCUT2D eigenvalue weighted by Crippen LogP contribution is -2.00. The molecule has 0 aliphatic heterocycles. The van der Waals surface area contributed by atoms with Gasteiger partial charge in [-0.3, -0.25) is 0 Å². The van der Waals surface area contributed by atoms with Crippen LogP contribution < -0.4 is 4.74 Å². The minimum atomic E-state index is 0. The van der Waals surface area contributed by atoms with Crippen LogP contribution in [0.25, 0.3) is 0 Å². The Morgan fingerprint density at radius 1 is 1.20 bits per heavy atom. The van der Waals surface area contributed by atoms with Crippen LogP contribution in [0.5, 0.6) is 5.75 Å². The fraction of sp³-hybridized carbons (Fsp3) is 0.538. The number of rotatable bonds is 5. The molecule has 0 saturated carbocycles. The minimum Gasteiger partial charge on any atom is -0.493 e. The summed E-state index contributed by atoms with van der Waals surface area (Å²) in [6, 6.07) is 8.35. The molecule has 1 nitrogen and oxygen atoms in total. The van der Waals surface area contributed by atoms with Crippen molar-refractivity contribution in [2.45, 2.75) is 39.5 Å². The van der Waals surface area contributed by atoms with Crippen molar-refractivity contribution in [3.05, 3.63) is 29.8 Å². The van der Waals surface area contributed by atoms with Gasteiger partial charge in [-0.15, -0.1) is 24.0 Å². The van der Waals surface area contributed by atoms with E-state index in [1.165, 1.54) is 5.56 Å². The van der Waals surface area contributed by atoms with E-state index in [-0.39, 0.29) is 24.0 Å². The lowest BCUT2D eigenvalue weighted by atomic mass is 9.98. The van der Waals surface area contributed by atoms with Gasteiger partial charge >= 0.3 is 0 Å². The van der Waals surface area contributed by atoms with Crippen LogP contribution in [0.2, 0.25) is 0 Å². The zero-order valence-electron chi connectivity index (χ0n) is 9.82. The van der Waals surface area contributed by atoms with Crippen LogP contribution in [0.3, 0.4) is 0 Å². The van der Waals surface area contributed by atoms with Crippen molar-refractivity contribution in [2.75, 3.05) is 6.61 Å². The van der Waals surface area contributed by atoms with Gasteiger partial charge < -0.3 is 4.74 Å². The monoisotopic (exact) mass is 320 g/mol. The highest BCUT2D eigenvalue weighted by molar-refractivity contribution is 14.0. The summed E-state index contributed by atoms with van der Waals surface area (Å²) in [6.07, 6.45) is 2.22. The fourth-order valence-electron chi connectivity index (χ4n) is 1.45. The van der Waals surface area contributed by atoms with Gasteiger partial charge in [0.25, 0.3) is 0 Å². The second kappa shape index (κ2) is 7.97. The number of hydrogen-bond acceptors (Lipinski definition) is 1. The van der Waals surface area contributed by atoms with Crippen molar-refractivity contribution in [1.82, 2.24) is 0 Å². The molecule has 0 amide bonds. The lowest BCUT2D eigenvalue weighted by Gasteiger charge is -2.15. The van der Waals surface area contributed by atoms with Crippen LogP contribution in [0.15, 0.2) is 24.3 Å². The summed E-state index contributed by atoms with van der Waals surface area (Å²) in [5.74, 6) is 1.65. The lowest BCUT2D eigenvalue weighted by molar-refractivity contribution is 0.312. The van der Waals surface area contributed by atoms with Crippen molar-refractivity contribution >= 4 is 24.0 Å². The molecule has 2 heteroatoms. The first-order valence-corrected chi connectivity index (χ1v) is 5.51. The van der Waals surface area contributed by atoms with E-state index in [1.54, 1.807) is 0 Å². The Morgan fingerprint density at radius 2 is 1.87 bits per heavy atom. The van der Waals surface area contributed by atoms with Gasteiger partial charge in [0.1, 0.15) is 5.75 Å². The van der Waals surface area contributed by atoms with E-state index in [2.05, 4.69) is 39.0 Å². The molecule has 1 atom stereocenters. The SMILES string of the molecule is CCCOc1ccccc1C(C)CC.I. The zero-order chi connectivity index (χ0) is 10.4. The van der Waals surface area contributed by atoms with Crippen LogP contribution in [0.1, 0.15) is 45.1 Å². The van der Waals surface area contributed by atoms with E-state index >= 15 is 0 Å². The summed E-state index contributed by atoms with van der Waals surface area (Å²) >= 11 is 0. The van der Waals surface area contributed by atoms with Gasteiger partial charge in [-0.25, -0.2) is 0 Å². The van der Waals surface area contributed by atoms with E-state index in [4.69, 9.17) is 4.74 Å². The summed E-state index contributed by atoms with van der Waals surface area (Å²) in [5, 5.41) is 0. The van der Waals surface area contributed by atoms with Crippen molar-refractivity contribution in [3.63, 3.8) is 0 Å². The average molecular weight is 320 g/mol. The summed E-state index contributed by atoms with van der Waals surface area (Å²) in [4.78, 5) is 0. The molecule has 1 aromatic carbocycles. The maximum Gasteiger partial charge on any atom is 0.122 e. The first-order chi connectivity index (χ1) is 6.79. The van der Waals surface area contributed by atoms with E-state index in [9.17, 15) is 0 Å². The maximum atomic E-state index is 5.71. The quantitative estimate of drug-likeness (QED) is 0.720. The Balaban J connectivity index is 0.00000196. The zero-order valence-corrected chi connectivity index (χ0v) is 12.2. The smallest absolute Gasteiger partial charge is 0.122 e. The van der Waals surface area contributed by atoms with Crippen LogP contribution in [-0.2, 0) is 0 Å². The normalized spacial score (nSPS) is 11.7. The summed E-state index contributed by atoms with van der Waals surface area (Å²) in [5.41, 5.74) is 1.34. The van der Waals surface area contributed by atoms with E-state index in [0.717, 1.165) is 25.2 Å². The van der Waals surface area contributed by atoms with Gasteiger partial charge in [-0.05, 0) is 30.4 Å². The molecule has 0 aliphatic rings. The molecule has 0 fully saturated rings. The third kappa shape index (κ3) is 4.41. The molecule has 0 spiro atoms. The summed E-state index contributed by atoms with van der Waals surface area (Å²) in [6.45, 7) is 7.40. The predicted octanol–water partition coefficient (Wildman–Crippen LogP) is 4.61. The number of para-hydroxylation sites is 1. The number of ether oxygens (including phenoxy) is 1. The van der Waals surface area contributed by atoms with Gasteiger partial charge in [-0.2, -0.15) is 0 Å². The number of hydrogen-bond donors (Lipinski definition) is 0. The summed E-state index contributed by atoms with van der Waals surface area (Å²) in [7, 11) is 0. The molecule has 86 valence electrons. The molecule has 0 bridgehead atoms. The van der Waals surface area contributed by atoms with Crippen LogP contribution in [-0.4, -0.2) is 6.61 Å². The van der Waals surface area contributed by atoms with Gasteiger partial charge in [0, 0.05) is 0 Å². The number of benzene rings is 1. The molecular weight excluding hydrogens is 299 g/mol. The number of halogens is 1. The first kappa shape index (κ1) is 14.8. The highest BCUT2D eigenvalue weighted by Crippen LogP contribution is 2.28. The van der Waals surface area contributed by atoms with E-state index in [1.807, 2.05) is 6.07 Å². The molecule has 0 aromatic heterocycles. The molecule has 1 rings (SSSR count). The average Bonchev–Trinajstić information content (AvgIpc) is 2.25. The van der Waals surface area contributed by atoms with Crippen LogP contribution >= 0.6 is 24.0 Å². The molecular formula is C13H21IO. The van der Waals surface area contributed by atoms with Crippen molar-refractivity contribution in [1.29, 1.82) is 0 Å². The fourth-order valence-corrected chi connectivity index (χ4v) is 1.45. The topological polar surface area (TPSA) is 9.23 Å². The van der Waals surface area contributed by atoms with Crippen LogP contribution in [0.4, 0.5) is 0 Å². The molecule has 1 unspecified atom stereocenters. The highest BCUT2D eigenvalue weighted by Gasteiger charge is 2.08. The van der Waals surface area contributed by atoms with Gasteiger partial charge in [0.2, 0.25) is 0 Å². The van der Waals surface area contributed by atoms with E-state index in [0.29, 0.717) is 5.92 Å². The highest BCUT2D eigenvalue weighted by atomic mass is 127. The Hall–Kier alpha value is -0.250. The summed E-state index contributed by atoms with van der Waals surface area (Å²) < 4.78 is 5.71. The predicted molar refractivity (Wildman–Crippen MR) is 76.3 cm³/mol. The Morgan fingerprint density at radius 3 is 2.47 bits per heavy atom. The van der Waals surface area contributed by atoms with Gasteiger partial charge in [0.15, 0.2) is 0 Å². The molecule has 0 heterocycles. The molecule has 0 N–H and O–H groups in total. The molecule has 1 aromatic rings. The second-order valence-corrected chi connectivity index (χ2v) is 3.70. The van der Waals surface area contributed by atoms with Crippen molar-refractivity contribution in [3.8, 4) is 5.75 Å². The van der Waals surface area contributed by atoms with Crippen molar-refractivity contribution < 1.29 is 4.74 Å². The largest absolute Gasteiger partial charge is 0.493 e. The minimum absolute atomic E-state index is 0. The Kier molecular flexibility index (Phi) is 7.83. The molecule has 15 heavy (non-hydrogen) atoms. The van der Waals surface area contributed by atoms with Crippen molar-refractivity contribution in [2.24, 2.45) is 0 Å². The van der Waals surface area contributed by atoms with Gasteiger partial charge in [-0.1, -0.05) is 39.0 Å². The third-order valence-electron chi connectivity index (χ3n) is 2.52. The maximum absolute atomic E-state index is 5.71. The van der Waals surface area contributed by atoms with Crippen LogP contribution in [0, 0.1) is 0 Å². The Bertz CT molecular complexity index is 273. The molecule has 0 aliphatic carbocycles. The second-order valence-electron chi connectivity index (χ2n) is 3.70. The first-order valence-electron chi connectivity index (χ1n) is 5.51. The molecule has 0 saturated heterocycles. The Labute approximate surface area is 110 Å². The molecule has 0 radical (unpaired) electrons. The standard InChI is InChI=1S/C13H20O.HI/c1-4-10-14-13-9-7-6-8-12(13)11(3)5-2;/h6-9,11H,4-5,10H2,1-3H3;1H. The van der Waals surface area contributed by atoms with Gasteiger partial charge in [0.05, 0.1) is 6.61 Å². The third-order valence-corrected chi connectivity index (χ3v) is 2.52. The van der Waals surface area contributed by atoms with E-state index < -0.39 is 0 Å².